The fourth-order valence-corrected chi connectivity index (χ4v) is 5.47. The second kappa shape index (κ2) is 9.31. The minimum atomic E-state index is 0.303. The molecule has 1 spiro atoms. The number of amides is 1. The van der Waals surface area contributed by atoms with E-state index in [-0.39, 0.29) is 0 Å². The first-order valence-electron chi connectivity index (χ1n) is 11.3. The number of carbonyl (C=O) groups excluding carboxylic acids is 1. The van der Waals surface area contributed by atoms with Crippen molar-refractivity contribution in [3.8, 4) is 0 Å². The van der Waals surface area contributed by atoms with Gasteiger partial charge in [0.1, 0.15) is 0 Å². The van der Waals surface area contributed by atoms with E-state index in [9.17, 15) is 4.79 Å². The molecule has 2 aliphatic heterocycles. The van der Waals surface area contributed by atoms with Gasteiger partial charge in [-0.05, 0) is 63.1 Å². The van der Waals surface area contributed by atoms with Crippen LogP contribution < -0.4 is 0 Å². The van der Waals surface area contributed by atoms with Crippen LogP contribution in [-0.2, 0) is 16.0 Å². The molecule has 158 valence electrons. The van der Waals surface area contributed by atoms with Crippen molar-refractivity contribution in [2.75, 3.05) is 39.9 Å². The molecule has 1 N–H and O–H groups in total. The number of rotatable bonds is 7. The molecule has 2 fully saturated rings. The van der Waals surface area contributed by atoms with Gasteiger partial charge in [-0.3, -0.25) is 9.69 Å². The number of nitrogens with one attached hydrogen (secondary N) is 1. The molecule has 2 aromatic rings. The smallest absolute Gasteiger partial charge is 0.222 e. The standard InChI is InChI=1S/C24H35N3O2/c1-29-18-17-27-15-6-12-24(27)11-5-14-26(16-13-24)23(28)10-4-7-20-19-25-22-9-3-2-8-21(20)22/h2-3,8-9,19,25H,4-7,10-18H2,1H3. The number of ether oxygens (including phenoxy) is 1. The molecule has 0 aliphatic carbocycles. The summed E-state index contributed by atoms with van der Waals surface area (Å²) in [4.78, 5) is 21.0. The normalized spacial score (nSPS) is 23.1. The lowest BCUT2D eigenvalue weighted by Gasteiger charge is -2.38. The molecule has 29 heavy (non-hydrogen) atoms. The minimum Gasteiger partial charge on any atom is -0.383 e. The molecule has 1 atom stereocenters. The Labute approximate surface area is 174 Å². The molecule has 2 saturated heterocycles. The number of nitrogens with zero attached hydrogens (tertiary/aromatic N) is 2. The summed E-state index contributed by atoms with van der Waals surface area (Å²) in [6.45, 7) is 4.84. The summed E-state index contributed by atoms with van der Waals surface area (Å²) in [5.41, 5.74) is 2.81. The van der Waals surface area contributed by atoms with Crippen molar-refractivity contribution in [1.82, 2.24) is 14.8 Å². The van der Waals surface area contributed by atoms with E-state index in [1.807, 2.05) is 0 Å². The molecule has 1 amide bonds. The third-order valence-electron chi connectivity index (χ3n) is 7.09. The average molecular weight is 398 g/mol. The summed E-state index contributed by atoms with van der Waals surface area (Å²) in [6.07, 6.45) is 10.6. The zero-order chi connectivity index (χ0) is 20.1. The maximum Gasteiger partial charge on any atom is 0.222 e. The van der Waals surface area contributed by atoms with Gasteiger partial charge in [0, 0.05) is 55.8 Å². The minimum absolute atomic E-state index is 0.303. The lowest BCUT2D eigenvalue weighted by Crippen LogP contribution is -2.46. The lowest BCUT2D eigenvalue weighted by atomic mass is 9.88. The fourth-order valence-electron chi connectivity index (χ4n) is 5.47. The Morgan fingerprint density at radius 1 is 1.14 bits per heavy atom. The highest BCUT2D eigenvalue weighted by atomic mass is 16.5. The van der Waals surface area contributed by atoms with Crippen LogP contribution in [0, 0.1) is 0 Å². The highest BCUT2D eigenvalue weighted by Gasteiger charge is 2.41. The van der Waals surface area contributed by atoms with Gasteiger partial charge in [0.05, 0.1) is 6.61 Å². The van der Waals surface area contributed by atoms with Gasteiger partial charge in [-0.25, -0.2) is 0 Å². The molecular formula is C24H35N3O2. The highest BCUT2D eigenvalue weighted by molar-refractivity contribution is 5.83. The van der Waals surface area contributed by atoms with E-state index in [4.69, 9.17) is 4.74 Å². The summed E-state index contributed by atoms with van der Waals surface area (Å²) in [5, 5.41) is 1.29. The topological polar surface area (TPSA) is 48.6 Å². The van der Waals surface area contributed by atoms with Crippen LogP contribution in [0.5, 0.6) is 0 Å². The second-order valence-electron chi connectivity index (χ2n) is 8.76. The Bertz CT molecular complexity index is 817. The molecule has 2 aliphatic rings. The van der Waals surface area contributed by atoms with Gasteiger partial charge < -0.3 is 14.6 Å². The Morgan fingerprint density at radius 3 is 2.83 bits per heavy atom. The molecule has 4 rings (SSSR count). The average Bonchev–Trinajstić information content (AvgIpc) is 3.25. The third kappa shape index (κ3) is 4.51. The van der Waals surface area contributed by atoms with E-state index in [2.05, 4.69) is 45.2 Å². The predicted molar refractivity (Wildman–Crippen MR) is 117 cm³/mol. The van der Waals surface area contributed by atoms with Crippen LogP contribution in [0.1, 0.15) is 50.5 Å². The monoisotopic (exact) mass is 397 g/mol. The van der Waals surface area contributed by atoms with Gasteiger partial charge >= 0.3 is 0 Å². The van der Waals surface area contributed by atoms with E-state index in [1.165, 1.54) is 42.3 Å². The van der Waals surface area contributed by atoms with Crippen LogP contribution >= 0.6 is 0 Å². The van der Waals surface area contributed by atoms with Crippen molar-refractivity contribution in [2.24, 2.45) is 0 Å². The summed E-state index contributed by atoms with van der Waals surface area (Å²) in [5.74, 6) is 0.336. The summed E-state index contributed by atoms with van der Waals surface area (Å²) in [7, 11) is 1.78. The number of para-hydroxylation sites is 1. The van der Waals surface area contributed by atoms with Crippen LogP contribution in [0.2, 0.25) is 0 Å². The van der Waals surface area contributed by atoms with Crippen molar-refractivity contribution in [1.29, 1.82) is 0 Å². The zero-order valence-corrected chi connectivity index (χ0v) is 17.8. The number of aromatic amines is 1. The SMILES string of the molecule is COCCN1CCCC12CCCN(C(=O)CCCc1c[nH]c3ccccc13)CC2. The predicted octanol–water partition coefficient (Wildman–Crippen LogP) is 3.98. The number of aromatic nitrogens is 1. The molecule has 1 aromatic carbocycles. The zero-order valence-electron chi connectivity index (χ0n) is 17.8. The molecule has 5 heteroatoms. The highest BCUT2D eigenvalue weighted by Crippen LogP contribution is 2.38. The molecule has 1 unspecified atom stereocenters. The van der Waals surface area contributed by atoms with Crippen molar-refractivity contribution in [3.63, 3.8) is 0 Å². The largest absolute Gasteiger partial charge is 0.383 e. The molecule has 0 bridgehead atoms. The van der Waals surface area contributed by atoms with E-state index >= 15 is 0 Å². The molecule has 1 aromatic heterocycles. The van der Waals surface area contributed by atoms with Gasteiger partial charge in [-0.2, -0.15) is 0 Å². The van der Waals surface area contributed by atoms with Crippen molar-refractivity contribution in [3.05, 3.63) is 36.0 Å². The summed E-state index contributed by atoms with van der Waals surface area (Å²) >= 11 is 0. The van der Waals surface area contributed by atoms with E-state index in [0.29, 0.717) is 17.9 Å². The number of benzene rings is 1. The molecule has 0 radical (unpaired) electrons. The van der Waals surface area contributed by atoms with Crippen LogP contribution in [-0.4, -0.2) is 66.1 Å². The number of H-pyrrole nitrogens is 1. The molecule has 3 heterocycles. The Morgan fingerprint density at radius 2 is 1.97 bits per heavy atom. The first-order valence-corrected chi connectivity index (χ1v) is 11.3. The van der Waals surface area contributed by atoms with Crippen molar-refractivity contribution >= 4 is 16.8 Å². The Kier molecular flexibility index (Phi) is 6.56. The second-order valence-corrected chi connectivity index (χ2v) is 8.76. The molecular weight excluding hydrogens is 362 g/mol. The summed E-state index contributed by atoms with van der Waals surface area (Å²) < 4.78 is 5.32. The van der Waals surface area contributed by atoms with Crippen LogP contribution in [0.4, 0.5) is 0 Å². The van der Waals surface area contributed by atoms with Gasteiger partial charge in [-0.15, -0.1) is 0 Å². The molecule has 0 saturated carbocycles. The third-order valence-corrected chi connectivity index (χ3v) is 7.09. The number of carbonyl (C=O) groups is 1. The number of hydrogen-bond donors (Lipinski definition) is 1. The first kappa shape index (κ1) is 20.4. The van der Waals surface area contributed by atoms with Gasteiger partial charge in [0.15, 0.2) is 0 Å². The summed E-state index contributed by atoms with van der Waals surface area (Å²) in [6, 6.07) is 8.40. The number of fused-ring (bicyclic) bond motifs is 1. The van der Waals surface area contributed by atoms with E-state index < -0.39 is 0 Å². The fraction of sp³-hybridized carbons (Fsp3) is 0.625. The molecule has 5 nitrogen and oxygen atoms in total. The number of methoxy groups -OCH3 is 1. The number of hydrogen-bond acceptors (Lipinski definition) is 3. The quantitative estimate of drug-likeness (QED) is 0.769. The number of likely N-dealkylation sites (tertiary alicyclic amines) is 2. The Balaban J connectivity index is 1.28. The van der Waals surface area contributed by atoms with Crippen LogP contribution in [0.15, 0.2) is 30.5 Å². The number of aryl methyl sites for hydroxylation is 1. The van der Waals surface area contributed by atoms with E-state index in [0.717, 1.165) is 51.9 Å². The van der Waals surface area contributed by atoms with Crippen molar-refractivity contribution in [2.45, 2.75) is 56.9 Å². The van der Waals surface area contributed by atoms with Crippen molar-refractivity contribution < 1.29 is 9.53 Å². The van der Waals surface area contributed by atoms with Gasteiger partial charge in [-0.1, -0.05) is 18.2 Å². The van der Waals surface area contributed by atoms with E-state index in [1.54, 1.807) is 7.11 Å². The lowest BCUT2D eigenvalue weighted by molar-refractivity contribution is -0.131. The van der Waals surface area contributed by atoms with Crippen LogP contribution in [0.25, 0.3) is 10.9 Å². The van der Waals surface area contributed by atoms with Gasteiger partial charge in [0.2, 0.25) is 5.91 Å². The van der Waals surface area contributed by atoms with Gasteiger partial charge in [0.25, 0.3) is 0 Å². The maximum absolute atomic E-state index is 12.9. The van der Waals surface area contributed by atoms with Crippen LogP contribution in [0.3, 0.4) is 0 Å². The Hall–Kier alpha value is -1.85. The first-order chi connectivity index (χ1) is 14.2. The maximum atomic E-state index is 12.9.